The average molecular weight is 420 g/mol. The fraction of sp³-hybridized carbons (Fsp3) is 0.400. The lowest BCUT2D eigenvalue weighted by molar-refractivity contribution is -0.129. The van der Waals surface area contributed by atoms with E-state index >= 15 is 0 Å². The molecule has 1 atom stereocenters. The van der Waals surface area contributed by atoms with Crippen LogP contribution in [0.5, 0.6) is 0 Å². The Labute approximate surface area is 172 Å². The zero-order chi connectivity index (χ0) is 20.0. The minimum Gasteiger partial charge on any atom is -0.330 e. The maximum absolute atomic E-state index is 11.9. The highest BCUT2D eigenvalue weighted by atomic mass is 32.2. The van der Waals surface area contributed by atoms with Crippen LogP contribution in [0.4, 0.5) is 5.69 Å². The van der Waals surface area contributed by atoms with Gasteiger partial charge in [-0.2, -0.15) is 0 Å². The SMILES string of the molecule is NCCC(=O)Nc1cccc(-c2ccc([C@@]3(CC(=O)NO)CCCCS3)s2)c1. The van der Waals surface area contributed by atoms with E-state index in [-0.39, 0.29) is 23.0 Å². The summed E-state index contributed by atoms with van der Waals surface area (Å²) in [5.41, 5.74) is 8.97. The van der Waals surface area contributed by atoms with Crippen LogP contribution in [0.25, 0.3) is 10.4 Å². The molecule has 0 saturated carbocycles. The highest BCUT2D eigenvalue weighted by Gasteiger charge is 2.38. The first-order valence-electron chi connectivity index (χ1n) is 9.34. The van der Waals surface area contributed by atoms with Gasteiger partial charge in [-0.3, -0.25) is 14.8 Å². The molecule has 1 saturated heterocycles. The van der Waals surface area contributed by atoms with E-state index in [1.165, 1.54) is 0 Å². The van der Waals surface area contributed by atoms with Gasteiger partial charge in [0.05, 0.1) is 4.75 Å². The van der Waals surface area contributed by atoms with Gasteiger partial charge in [-0.1, -0.05) is 18.6 Å². The zero-order valence-electron chi connectivity index (χ0n) is 15.6. The van der Waals surface area contributed by atoms with Gasteiger partial charge in [0, 0.05) is 34.8 Å². The second-order valence-corrected chi connectivity index (χ2v) is 9.41. The Hall–Kier alpha value is -1.87. The van der Waals surface area contributed by atoms with Crippen molar-refractivity contribution < 1.29 is 14.8 Å². The molecule has 1 aliphatic heterocycles. The van der Waals surface area contributed by atoms with Crippen LogP contribution >= 0.6 is 23.1 Å². The number of carbonyl (C=O) groups excluding carboxylic acids is 2. The van der Waals surface area contributed by atoms with Crippen LogP contribution in [0.1, 0.15) is 37.0 Å². The fourth-order valence-electron chi connectivity index (χ4n) is 3.41. The molecule has 0 bridgehead atoms. The van der Waals surface area contributed by atoms with E-state index < -0.39 is 0 Å². The van der Waals surface area contributed by atoms with E-state index in [1.54, 1.807) is 28.6 Å². The number of nitrogens with one attached hydrogen (secondary N) is 2. The van der Waals surface area contributed by atoms with E-state index in [2.05, 4.69) is 17.4 Å². The predicted molar refractivity (Wildman–Crippen MR) is 115 cm³/mol. The van der Waals surface area contributed by atoms with Gasteiger partial charge in [-0.05, 0) is 48.4 Å². The number of nitrogens with two attached hydrogens (primary N) is 1. The van der Waals surface area contributed by atoms with Crippen LogP contribution in [-0.4, -0.2) is 29.3 Å². The minimum atomic E-state index is -0.353. The van der Waals surface area contributed by atoms with Crippen LogP contribution in [-0.2, 0) is 14.3 Å². The van der Waals surface area contributed by atoms with Crippen molar-refractivity contribution >= 4 is 40.6 Å². The average Bonchev–Trinajstić information content (AvgIpc) is 3.20. The van der Waals surface area contributed by atoms with Gasteiger partial charge in [0.2, 0.25) is 11.8 Å². The molecule has 1 aliphatic rings. The number of thioether (sulfide) groups is 1. The van der Waals surface area contributed by atoms with Crippen LogP contribution in [0.2, 0.25) is 0 Å². The fourth-order valence-corrected chi connectivity index (χ4v) is 6.30. The lowest BCUT2D eigenvalue weighted by atomic mass is 9.94. The molecule has 0 spiro atoms. The third-order valence-corrected chi connectivity index (χ3v) is 7.86. The maximum Gasteiger partial charge on any atom is 0.245 e. The van der Waals surface area contributed by atoms with Gasteiger partial charge in [0.25, 0.3) is 0 Å². The Morgan fingerprint density at radius 1 is 1.18 bits per heavy atom. The highest BCUT2D eigenvalue weighted by molar-refractivity contribution is 8.00. The lowest BCUT2D eigenvalue weighted by Gasteiger charge is -2.35. The van der Waals surface area contributed by atoms with E-state index in [0.717, 1.165) is 46.0 Å². The van der Waals surface area contributed by atoms with Gasteiger partial charge in [0.15, 0.2) is 0 Å². The summed E-state index contributed by atoms with van der Waals surface area (Å²) in [7, 11) is 0. The Balaban J connectivity index is 1.84. The van der Waals surface area contributed by atoms with Crippen LogP contribution in [0, 0.1) is 0 Å². The first-order chi connectivity index (χ1) is 13.6. The number of hydrogen-bond donors (Lipinski definition) is 4. The molecule has 28 heavy (non-hydrogen) atoms. The van der Waals surface area contributed by atoms with Gasteiger partial charge in [0.1, 0.15) is 0 Å². The number of rotatable bonds is 7. The Bertz CT molecular complexity index is 832. The zero-order valence-corrected chi connectivity index (χ0v) is 17.2. The molecule has 3 rings (SSSR count). The summed E-state index contributed by atoms with van der Waals surface area (Å²) in [6.07, 6.45) is 3.70. The summed E-state index contributed by atoms with van der Waals surface area (Å²) in [6, 6.07) is 11.9. The number of amides is 2. The van der Waals surface area contributed by atoms with Crippen molar-refractivity contribution in [2.75, 3.05) is 17.6 Å². The van der Waals surface area contributed by atoms with Crippen LogP contribution in [0.15, 0.2) is 36.4 Å². The van der Waals surface area contributed by atoms with Crippen LogP contribution in [0.3, 0.4) is 0 Å². The smallest absolute Gasteiger partial charge is 0.245 e. The molecule has 0 aliphatic carbocycles. The highest BCUT2D eigenvalue weighted by Crippen LogP contribution is 2.50. The largest absolute Gasteiger partial charge is 0.330 e. The van der Waals surface area contributed by atoms with Crippen molar-refractivity contribution in [2.45, 2.75) is 36.9 Å². The first kappa shape index (κ1) is 20.9. The molecule has 6 nitrogen and oxygen atoms in total. The van der Waals surface area contributed by atoms with Crippen molar-refractivity contribution in [1.82, 2.24) is 5.48 Å². The third kappa shape index (κ3) is 4.94. The number of hydroxylamine groups is 1. The molecule has 2 amide bonds. The van der Waals surface area contributed by atoms with Crippen molar-refractivity contribution in [3.63, 3.8) is 0 Å². The van der Waals surface area contributed by atoms with Gasteiger partial charge < -0.3 is 11.1 Å². The van der Waals surface area contributed by atoms with E-state index in [9.17, 15) is 9.59 Å². The van der Waals surface area contributed by atoms with Crippen LogP contribution < -0.4 is 16.5 Å². The Morgan fingerprint density at radius 2 is 2.04 bits per heavy atom. The summed E-state index contributed by atoms with van der Waals surface area (Å²) in [6.45, 7) is 0.320. The quantitative estimate of drug-likeness (QED) is 0.404. The second-order valence-electron chi connectivity index (χ2n) is 6.84. The molecule has 1 aromatic heterocycles. The molecular formula is C20H25N3O3S2. The topological polar surface area (TPSA) is 104 Å². The standard InChI is InChI=1S/C20H25N3O3S2/c21-10-8-18(24)22-15-5-3-4-14(12-15)16-6-7-17(28-16)20(13-19(25)23-26)9-1-2-11-27-20/h3-7,12,26H,1-2,8-11,13,21H2,(H,22,24)(H,23,25)/t20-/m0/s1. The molecule has 1 fully saturated rings. The normalized spacial score (nSPS) is 19.2. The van der Waals surface area contributed by atoms with Crippen molar-refractivity contribution in [1.29, 1.82) is 0 Å². The van der Waals surface area contributed by atoms with Gasteiger partial charge >= 0.3 is 0 Å². The van der Waals surface area contributed by atoms with E-state index in [1.807, 2.05) is 24.3 Å². The molecule has 5 N–H and O–H groups in total. The molecule has 8 heteroatoms. The third-order valence-electron chi connectivity index (χ3n) is 4.78. The number of hydrogen-bond acceptors (Lipinski definition) is 6. The molecule has 0 unspecified atom stereocenters. The molecule has 2 aromatic rings. The summed E-state index contributed by atoms with van der Waals surface area (Å²) in [5, 5.41) is 11.9. The van der Waals surface area contributed by atoms with Crippen molar-refractivity contribution in [3.8, 4) is 10.4 Å². The van der Waals surface area contributed by atoms with E-state index in [4.69, 9.17) is 10.9 Å². The first-order valence-corrected chi connectivity index (χ1v) is 11.1. The summed E-state index contributed by atoms with van der Waals surface area (Å²) in [5.74, 6) is 0.558. The summed E-state index contributed by atoms with van der Waals surface area (Å²) >= 11 is 3.47. The summed E-state index contributed by atoms with van der Waals surface area (Å²) < 4.78 is -0.291. The molecule has 0 radical (unpaired) electrons. The molecule has 150 valence electrons. The monoisotopic (exact) mass is 419 g/mol. The number of thiophene rings is 1. The predicted octanol–water partition coefficient (Wildman–Crippen LogP) is 3.71. The summed E-state index contributed by atoms with van der Waals surface area (Å²) in [4.78, 5) is 25.9. The maximum atomic E-state index is 11.9. The van der Waals surface area contributed by atoms with Gasteiger partial charge in [-0.15, -0.1) is 23.1 Å². The lowest BCUT2D eigenvalue weighted by Crippen LogP contribution is -2.32. The number of carbonyl (C=O) groups is 2. The molecular weight excluding hydrogens is 394 g/mol. The van der Waals surface area contributed by atoms with E-state index in [0.29, 0.717) is 13.0 Å². The second kappa shape index (κ2) is 9.56. The van der Waals surface area contributed by atoms with Crippen molar-refractivity contribution in [3.05, 3.63) is 41.3 Å². The molecule has 1 aromatic carbocycles. The molecule has 2 heterocycles. The Morgan fingerprint density at radius 3 is 2.75 bits per heavy atom. The van der Waals surface area contributed by atoms with Gasteiger partial charge in [-0.25, -0.2) is 5.48 Å². The Kier molecular flexibility index (Phi) is 7.12. The number of anilines is 1. The number of benzene rings is 1. The minimum absolute atomic E-state index is 0.0981. The van der Waals surface area contributed by atoms with Crippen molar-refractivity contribution in [2.24, 2.45) is 5.73 Å².